The van der Waals surface area contributed by atoms with Crippen LogP contribution in [0.4, 0.5) is 0 Å². The highest BCUT2D eigenvalue weighted by Crippen LogP contribution is 2.14. The summed E-state index contributed by atoms with van der Waals surface area (Å²) in [6, 6.07) is 8.24. The SMILES string of the molecule is CCNC(=NCc1cccc(OCCN2CCOCC2)c1)NCCCCSC. The Balaban J connectivity index is 1.76. The molecule has 0 amide bonds. The molecule has 2 N–H and O–H groups in total. The summed E-state index contributed by atoms with van der Waals surface area (Å²) in [4.78, 5) is 7.09. The molecule has 0 bridgehead atoms. The molecule has 7 heteroatoms. The Bertz CT molecular complexity index is 565. The summed E-state index contributed by atoms with van der Waals surface area (Å²) in [5.74, 6) is 3.01. The molecule has 1 aromatic rings. The monoisotopic (exact) mass is 408 g/mol. The van der Waals surface area contributed by atoms with E-state index < -0.39 is 0 Å². The first-order chi connectivity index (χ1) is 13.8. The van der Waals surface area contributed by atoms with Crippen molar-refractivity contribution in [3.8, 4) is 5.75 Å². The molecule has 158 valence electrons. The molecule has 1 heterocycles. The molecule has 0 aromatic heterocycles. The number of aliphatic imine (C=N–C) groups is 1. The van der Waals surface area contributed by atoms with Crippen molar-refractivity contribution in [2.24, 2.45) is 4.99 Å². The van der Waals surface area contributed by atoms with Crippen LogP contribution in [0.2, 0.25) is 0 Å². The van der Waals surface area contributed by atoms with Crippen LogP contribution in [0, 0.1) is 0 Å². The third-order valence-corrected chi connectivity index (χ3v) is 5.21. The zero-order valence-electron chi connectivity index (χ0n) is 17.4. The summed E-state index contributed by atoms with van der Waals surface area (Å²) in [5, 5.41) is 6.73. The Kier molecular flexibility index (Phi) is 11.9. The zero-order valence-corrected chi connectivity index (χ0v) is 18.2. The molecule has 1 fully saturated rings. The number of rotatable bonds is 12. The number of hydrogen-bond acceptors (Lipinski definition) is 5. The van der Waals surface area contributed by atoms with Gasteiger partial charge in [-0.15, -0.1) is 0 Å². The number of guanidine groups is 1. The van der Waals surface area contributed by atoms with Crippen molar-refractivity contribution in [1.29, 1.82) is 0 Å². The third-order valence-electron chi connectivity index (χ3n) is 4.51. The topological polar surface area (TPSA) is 58.1 Å². The maximum absolute atomic E-state index is 5.94. The van der Waals surface area contributed by atoms with Crippen molar-refractivity contribution in [3.63, 3.8) is 0 Å². The van der Waals surface area contributed by atoms with E-state index in [9.17, 15) is 0 Å². The van der Waals surface area contributed by atoms with Gasteiger partial charge in [0.15, 0.2) is 5.96 Å². The van der Waals surface area contributed by atoms with Gasteiger partial charge in [0.25, 0.3) is 0 Å². The molecule has 1 aliphatic rings. The lowest BCUT2D eigenvalue weighted by Gasteiger charge is -2.26. The third kappa shape index (κ3) is 9.66. The van der Waals surface area contributed by atoms with Gasteiger partial charge in [0.1, 0.15) is 12.4 Å². The second-order valence-corrected chi connectivity index (χ2v) is 7.76. The van der Waals surface area contributed by atoms with Gasteiger partial charge in [0.2, 0.25) is 0 Å². The van der Waals surface area contributed by atoms with E-state index in [1.807, 2.05) is 23.9 Å². The molecular weight excluding hydrogens is 372 g/mol. The van der Waals surface area contributed by atoms with Gasteiger partial charge in [-0.3, -0.25) is 4.90 Å². The number of benzene rings is 1. The Hall–Kier alpha value is -1.44. The minimum atomic E-state index is 0.640. The van der Waals surface area contributed by atoms with Crippen molar-refractivity contribution in [2.45, 2.75) is 26.3 Å². The molecule has 1 saturated heterocycles. The van der Waals surface area contributed by atoms with E-state index in [-0.39, 0.29) is 0 Å². The molecule has 0 aliphatic carbocycles. The zero-order chi connectivity index (χ0) is 19.9. The van der Waals surface area contributed by atoms with E-state index in [2.05, 4.69) is 40.8 Å². The summed E-state index contributed by atoms with van der Waals surface area (Å²) < 4.78 is 11.3. The van der Waals surface area contributed by atoms with Crippen LogP contribution in [0.15, 0.2) is 29.3 Å². The summed E-state index contributed by atoms with van der Waals surface area (Å²) in [7, 11) is 0. The number of morpholine rings is 1. The van der Waals surface area contributed by atoms with Crippen molar-refractivity contribution in [1.82, 2.24) is 15.5 Å². The molecule has 0 saturated carbocycles. The average Bonchev–Trinajstić information content (AvgIpc) is 2.73. The predicted octanol–water partition coefficient (Wildman–Crippen LogP) is 2.60. The van der Waals surface area contributed by atoms with Gasteiger partial charge in [-0.05, 0) is 49.5 Å². The molecule has 0 unspecified atom stereocenters. The standard InChI is InChI=1S/C21H36N4O2S/c1-3-22-21(23-9-4-5-16-28-2)24-18-19-7-6-8-20(17-19)27-15-12-25-10-13-26-14-11-25/h6-8,17H,3-5,9-16,18H2,1-2H3,(H2,22,23,24). The van der Waals surface area contributed by atoms with Gasteiger partial charge < -0.3 is 20.1 Å². The molecular formula is C21H36N4O2S. The molecule has 1 aromatic carbocycles. The lowest BCUT2D eigenvalue weighted by molar-refractivity contribution is 0.0322. The van der Waals surface area contributed by atoms with Crippen LogP contribution in [-0.4, -0.2) is 75.4 Å². The number of nitrogens with one attached hydrogen (secondary N) is 2. The second kappa shape index (κ2) is 14.5. The highest BCUT2D eigenvalue weighted by Gasteiger charge is 2.09. The van der Waals surface area contributed by atoms with E-state index in [0.717, 1.165) is 69.6 Å². The number of unbranched alkanes of at least 4 members (excludes halogenated alkanes) is 1. The number of nitrogens with zero attached hydrogens (tertiary/aromatic N) is 2. The fourth-order valence-corrected chi connectivity index (χ4v) is 3.43. The van der Waals surface area contributed by atoms with Crippen LogP contribution in [-0.2, 0) is 11.3 Å². The maximum atomic E-state index is 5.94. The van der Waals surface area contributed by atoms with E-state index in [1.54, 1.807) is 0 Å². The molecule has 0 spiro atoms. The van der Waals surface area contributed by atoms with E-state index in [0.29, 0.717) is 13.2 Å². The van der Waals surface area contributed by atoms with Gasteiger partial charge in [-0.25, -0.2) is 4.99 Å². The van der Waals surface area contributed by atoms with Crippen LogP contribution in [0.3, 0.4) is 0 Å². The minimum absolute atomic E-state index is 0.640. The van der Waals surface area contributed by atoms with Gasteiger partial charge >= 0.3 is 0 Å². The Morgan fingerprint density at radius 2 is 2.11 bits per heavy atom. The first-order valence-electron chi connectivity index (χ1n) is 10.3. The number of thioether (sulfide) groups is 1. The fourth-order valence-electron chi connectivity index (χ4n) is 2.94. The van der Waals surface area contributed by atoms with E-state index >= 15 is 0 Å². The van der Waals surface area contributed by atoms with Crippen molar-refractivity contribution in [3.05, 3.63) is 29.8 Å². The quantitative estimate of drug-likeness (QED) is 0.315. The lowest BCUT2D eigenvalue weighted by Crippen LogP contribution is -2.38. The fraction of sp³-hybridized carbons (Fsp3) is 0.667. The molecule has 2 rings (SSSR count). The molecule has 0 radical (unpaired) electrons. The molecule has 1 aliphatic heterocycles. The van der Waals surface area contributed by atoms with Gasteiger partial charge in [0, 0.05) is 32.7 Å². The smallest absolute Gasteiger partial charge is 0.191 e. The normalized spacial score (nSPS) is 15.4. The number of hydrogen-bond donors (Lipinski definition) is 2. The van der Waals surface area contributed by atoms with E-state index in [1.165, 1.54) is 12.2 Å². The first kappa shape index (κ1) is 22.8. The Labute approximate surface area is 174 Å². The summed E-state index contributed by atoms with van der Waals surface area (Å²) >= 11 is 1.90. The highest BCUT2D eigenvalue weighted by molar-refractivity contribution is 7.98. The van der Waals surface area contributed by atoms with Crippen molar-refractivity contribution in [2.75, 3.05) is 64.6 Å². The second-order valence-electron chi connectivity index (χ2n) is 6.77. The highest BCUT2D eigenvalue weighted by atomic mass is 32.2. The minimum Gasteiger partial charge on any atom is -0.492 e. The lowest BCUT2D eigenvalue weighted by atomic mass is 10.2. The summed E-state index contributed by atoms with van der Waals surface area (Å²) in [5.41, 5.74) is 1.16. The first-order valence-corrected chi connectivity index (χ1v) is 11.7. The Morgan fingerprint density at radius 3 is 2.89 bits per heavy atom. The van der Waals surface area contributed by atoms with Gasteiger partial charge in [-0.2, -0.15) is 11.8 Å². The van der Waals surface area contributed by atoms with Gasteiger partial charge in [-0.1, -0.05) is 12.1 Å². The van der Waals surface area contributed by atoms with Crippen LogP contribution in [0.1, 0.15) is 25.3 Å². The Morgan fingerprint density at radius 1 is 1.25 bits per heavy atom. The molecule has 0 atom stereocenters. The van der Waals surface area contributed by atoms with Crippen LogP contribution in [0.5, 0.6) is 5.75 Å². The maximum Gasteiger partial charge on any atom is 0.191 e. The molecule has 6 nitrogen and oxygen atoms in total. The number of ether oxygens (including phenoxy) is 2. The predicted molar refractivity (Wildman–Crippen MR) is 120 cm³/mol. The van der Waals surface area contributed by atoms with E-state index in [4.69, 9.17) is 14.5 Å². The van der Waals surface area contributed by atoms with Crippen LogP contribution < -0.4 is 15.4 Å². The van der Waals surface area contributed by atoms with Crippen molar-refractivity contribution < 1.29 is 9.47 Å². The van der Waals surface area contributed by atoms with Gasteiger partial charge in [0.05, 0.1) is 19.8 Å². The van der Waals surface area contributed by atoms with Crippen LogP contribution >= 0.6 is 11.8 Å². The average molecular weight is 409 g/mol. The summed E-state index contributed by atoms with van der Waals surface area (Å²) in [6.07, 6.45) is 4.55. The van der Waals surface area contributed by atoms with Crippen LogP contribution in [0.25, 0.3) is 0 Å². The largest absolute Gasteiger partial charge is 0.492 e. The van der Waals surface area contributed by atoms with Crippen molar-refractivity contribution >= 4 is 17.7 Å². The molecule has 28 heavy (non-hydrogen) atoms. The summed E-state index contributed by atoms with van der Waals surface area (Å²) in [6.45, 7) is 9.84.